The highest BCUT2D eigenvalue weighted by atomic mass is 16.2. The van der Waals surface area contributed by atoms with Crippen molar-refractivity contribution in [3.05, 3.63) is 103 Å². The Kier molecular flexibility index (Phi) is 13.3. The maximum Gasteiger partial charge on any atom is 0.256 e. The van der Waals surface area contributed by atoms with E-state index in [1.807, 2.05) is 0 Å². The molecule has 6 aromatic rings. The van der Waals surface area contributed by atoms with Crippen LogP contribution >= 0.6 is 0 Å². The van der Waals surface area contributed by atoms with Crippen molar-refractivity contribution in [1.29, 1.82) is 0 Å². The van der Waals surface area contributed by atoms with Gasteiger partial charge in [0.05, 0.1) is 34.8 Å². The lowest BCUT2D eigenvalue weighted by atomic mass is 9.86. The van der Waals surface area contributed by atoms with E-state index in [9.17, 15) is 14.4 Å². The molecule has 15 nitrogen and oxygen atoms in total. The normalized spacial score (nSPS) is 20.1. The second-order valence-corrected chi connectivity index (χ2v) is 20.4. The first-order valence-corrected chi connectivity index (χ1v) is 26.4. The fourth-order valence-electron chi connectivity index (χ4n) is 12.2. The molecule has 0 spiro atoms. The second kappa shape index (κ2) is 19.7. The third-order valence-electron chi connectivity index (χ3n) is 16.1. The largest absolute Gasteiger partial charge is 0.383 e. The summed E-state index contributed by atoms with van der Waals surface area (Å²) in [5.74, 6) is 1.50. The molecule has 3 atom stereocenters. The van der Waals surface area contributed by atoms with Gasteiger partial charge in [0.2, 0.25) is 0 Å². The van der Waals surface area contributed by atoms with E-state index in [-0.39, 0.29) is 35.5 Å². The van der Waals surface area contributed by atoms with Crippen LogP contribution in [-0.4, -0.2) is 62.0 Å². The number of anilines is 3. The number of carbonyl (C=O) groups is 3. The van der Waals surface area contributed by atoms with Crippen molar-refractivity contribution in [3.8, 4) is 0 Å². The number of H-pyrrole nitrogens is 3. The minimum atomic E-state index is -0.112. The lowest BCUT2D eigenvalue weighted by Gasteiger charge is -2.21. The molecule has 0 aromatic carbocycles. The highest BCUT2D eigenvalue weighted by molar-refractivity contribution is 5.90. The molecule has 0 bridgehead atoms. The standard InChI is InChI=1S/3C18H24N4O/c3*1-2-11-10-14-12(7-5-9-15(14)20-11)18(23)22-17(19)13-6-3-4-8-16(13)21-22/h3*10,12,20H,2-9,19H2,1H3/t2*12-;/m10./s1. The minimum absolute atomic E-state index is 0.0412. The lowest BCUT2D eigenvalue weighted by Crippen LogP contribution is -2.25. The van der Waals surface area contributed by atoms with Crippen LogP contribution in [0.2, 0.25) is 0 Å². The quantitative estimate of drug-likeness (QED) is 0.0935. The van der Waals surface area contributed by atoms with Crippen LogP contribution in [0.4, 0.5) is 17.5 Å². The summed E-state index contributed by atoms with van der Waals surface area (Å²) in [4.78, 5) is 49.7. The van der Waals surface area contributed by atoms with Crippen LogP contribution in [0.5, 0.6) is 0 Å². The fraction of sp³-hybridized carbons (Fsp3) is 0.556. The average Bonchev–Trinajstić information content (AvgIpc) is 4.26. The first-order chi connectivity index (χ1) is 33.6. The summed E-state index contributed by atoms with van der Waals surface area (Å²) in [6.07, 6.45) is 24.3. The fourth-order valence-corrected chi connectivity index (χ4v) is 12.2. The molecular weight excluding hydrogens is 865 g/mol. The Morgan fingerprint density at radius 1 is 0.449 bits per heavy atom. The molecule has 6 aromatic heterocycles. The number of nitrogens with one attached hydrogen (secondary N) is 3. The molecule has 0 fully saturated rings. The van der Waals surface area contributed by atoms with Gasteiger partial charge < -0.3 is 32.2 Å². The van der Waals surface area contributed by atoms with Gasteiger partial charge in [-0.05, 0) is 189 Å². The van der Waals surface area contributed by atoms with E-state index in [2.05, 4.69) is 69.2 Å². The predicted octanol–water partition coefficient (Wildman–Crippen LogP) is 8.98. The molecule has 9 N–H and O–H groups in total. The van der Waals surface area contributed by atoms with Gasteiger partial charge in [-0.1, -0.05) is 20.8 Å². The molecule has 6 aliphatic rings. The van der Waals surface area contributed by atoms with Crippen molar-refractivity contribution in [2.24, 2.45) is 0 Å². The second-order valence-electron chi connectivity index (χ2n) is 20.4. The molecule has 6 aliphatic carbocycles. The van der Waals surface area contributed by atoms with Gasteiger partial charge in [0.15, 0.2) is 0 Å². The molecule has 69 heavy (non-hydrogen) atoms. The maximum atomic E-state index is 13.1. The zero-order valence-electron chi connectivity index (χ0n) is 41.1. The number of aromatic nitrogens is 9. The first kappa shape index (κ1) is 46.6. The molecule has 0 saturated carbocycles. The molecule has 15 heteroatoms. The summed E-state index contributed by atoms with van der Waals surface area (Å²) >= 11 is 0. The molecule has 0 radical (unpaired) electrons. The van der Waals surface area contributed by atoms with E-state index in [4.69, 9.17) is 17.2 Å². The van der Waals surface area contributed by atoms with Gasteiger partial charge in [0, 0.05) is 50.9 Å². The van der Waals surface area contributed by atoms with Crippen molar-refractivity contribution in [2.45, 2.75) is 193 Å². The SMILES string of the molecule is CCc1cc2c([nH]1)CCCC2C(=O)n1nc2c(c1N)CCCC2.CCc1cc2c([nH]1)CCC[C@@H]2C(=O)n1nc2c(c1N)CCCC2.CCc1cc2c([nH]1)CCC[C@H]2C(=O)n1nc2c(c1N)CCCC2. The number of nitrogens with two attached hydrogens (primary N) is 3. The molecule has 0 amide bonds. The first-order valence-electron chi connectivity index (χ1n) is 26.4. The number of hydrogen-bond acceptors (Lipinski definition) is 9. The van der Waals surface area contributed by atoms with Crippen LogP contribution in [0, 0.1) is 0 Å². The molecule has 6 heterocycles. The summed E-state index contributed by atoms with van der Waals surface area (Å²) in [7, 11) is 0. The Bertz CT molecular complexity index is 2570. The zero-order valence-corrected chi connectivity index (χ0v) is 41.1. The third-order valence-corrected chi connectivity index (χ3v) is 16.1. The Labute approximate surface area is 405 Å². The number of nitrogen functional groups attached to an aromatic ring is 3. The highest BCUT2D eigenvalue weighted by Crippen LogP contribution is 2.39. The smallest absolute Gasteiger partial charge is 0.256 e. The monoisotopic (exact) mass is 937 g/mol. The Balaban J connectivity index is 0.000000120. The summed E-state index contributed by atoms with van der Waals surface area (Å²) < 4.78 is 4.48. The number of nitrogens with zero attached hydrogens (tertiary/aromatic N) is 6. The number of hydrogen-bond donors (Lipinski definition) is 6. The zero-order chi connectivity index (χ0) is 47.9. The Morgan fingerprint density at radius 3 is 0.986 bits per heavy atom. The van der Waals surface area contributed by atoms with E-state index in [0.29, 0.717) is 17.5 Å². The molecule has 12 rings (SSSR count). The highest BCUT2D eigenvalue weighted by Gasteiger charge is 2.35. The number of rotatable bonds is 6. The molecule has 1 unspecified atom stereocenters. The van der Waals surface area contributed by atoms with Crippen LogP contribution in [0.25, 0.3) is 0 Å². The van der Waals surface area contributed by atoms with E-state index in [1.165, 1.54) is 48.2 Å². The number of carbonyl (C=O) groups excluding carboxylic acids is 3. The van der Waals surface area contributed by atoms with Crippen molar-refractivity contribution < 1.29 is 14.4 Å². The molecular formula is C54H72N12O3. The van der Waals surface area contributed by atoms with E-state index < -0.39 is 0 Å². The number of aryl methyl sites for hydroxylation is 9. The van der Waals surface area contributed by atoms with Gasteiger partial charge >= 0.3 is 0 Å². The topological polar surface area (TPSA) is 230 Å². The molecule has 0 saturated heterocycles. The van der Waals surface area contributed by atoms with Gasteiger partial charge in [0.25, 0.3) is 17.7 Å². The van der Waals surface area contributed by atoms with Gasteiger partial charge in [0.1, 0.15) is 17.5 Å². The number of fused-ring (bicyclic) bond motifs is 6. The van der Waals surface area contributed by atoms with Crippen molar-refractivity contribution in [1.82, 2.24) is 44.3 Å². The maximum absolute atomic E-state index is 13.1. The van der Waals surface area contributed by atoms with Gasteiger partial charge in [-0.25, -0.2) is 0 Å². The summed E-state index contributed by atoms with van der Waals surface area (Å²) in [6.45, 7) is 6.40. The van der Waals surface area contributed by atoms with E-state index in [0.717, 1.165) is 205 Å². The average molecular weight is 937 g/mol. The van der Waals surface area contributed by atoms with Crippen molar-refractivity contribution >= 4 is 35.2 Å². The van der Waals surface area contributed by atoms with Crippen LogP contribution in [0.15, 0.2) is 18.2 Å². The van der Waals surface area contributed by atoms with Crippen molar-refractivity contribution in [2.75, 3.05) is 17.2 Å². The minimum Gasteiger partial charge on any atom is -0.383 e. The van der Waals surface area contributed by atoms with Crippen LogP contribution in [-0.2, 0) is 77.0 Å². The van der Waals surface area contributed by atoms with Crippen LogP contribution in [0.1, 0.15) is 215 Å². The van der Waals surface area contributed by atoms with Crippen LogP contribution in [0.3, 0.4) is 0 Å². The Hall–Kier alpha value is -6.12. The molecule has 0 aliphatic heterocycles. The summed E-state index contributed by atoms with van der Waals surface area (Å²) in [5.41, 5.74) is 35.9. The summed E-state index contributed by atoms with van der Waals surface area (Å²) in [6, 6.07) is 6.49. The van der Waals surface area contributed by atoms with E-state index in [1.54, 1.807) is 0 Å². The van der Waals surface area contributed by atoms with Crippen LogP contribution < -0.4 is 17.2 Å². The van der Waals surface area contributed by atoms with Gasteiger partial charge in [-0.2, -0.15) is 29.3 Å². The lowest BCUT2D eigenvalue weighted by molar-refractivity contribution is 0.0846. The Morgan fingerprint density at radius 2 is 0.725 bits per heavy atom. The van der Waals surface area contributed by atoms with E-state index >= 15 is 0 Å². The van der Waals surface area contributed by atoms with Gasteiger partial charge in [-0.3, -0.25) is 14.4 Å². The number of aromatic amines is 3. The summed E-state index contributed by atoms with van der Waals surface area (Å²) in [5, 5.41) is 13.7. The predicted molar refractivity (Wildman–Crippen MR) is 269 cm³/mol. The third kappa shape index (κ3) is 8.79. The van der Waals surface area contributed by atoms with Crippen molar-refractivity contribution in [3.63, 3.8) is 0 Å². The van der Waals surface area contributed by atoms with Gasteiger partial charge in [-0.15, -0.1) is 0 Å². The molecule has 366 valence electrons.